The topological polar surface area (TPSA) is 69.6 Å². The molecule has 0 spiro atoms. The van der Waals surface area contributed by atoms with Gasteiger partial charge in [-0.15, -0.1) is 12.3 Å². The summed E-state index contributed by atoms with van der Waals surface area (Å²) in [5.41, 5.74) is 12.2. The first-order valence-electron chi connectivity index (χ1n) is 16.7. The van der Waals surface area contributed by atoms with E-state index in [1.807, 2.05) is 39.8 Å². The van der Waals surface area contributed by atoms with Gasteiger partial charge in [-0.05, 0) is 80.9 Å². The number of carbonyl (C=O) groups is 1. The van der Waals surface area contributed by atoms with Gasteiger partial charge in [-0.3, -0.25) is 4.79 Å². The molecule has 2 rings (SSSR count). The number of aliphatic carboxylic acids is 1. The van der Waals surface area contributed by atoms with Crippen LogP contribution in [0.3, 0.4) is 0 Å². The number of hydrogen-bond acceptors (Lipinski definition) is 3. The molecule has 0 aliphatic carbocycles. The van der Waals surface area contributed by atoms with Crippen LogP contribution in [-0.2, 0) is 11.2 Å². The maximum absolute atomic E-state index is 9.09. The molecule has 4 heteroatoms. The number of aliphatic hydroxyl groups excluding tert-OH is 1. The lowest BCUT2D eigenvalue weighted by molar-refractivity contribution is -0.134. The third kappa shape index (κ3) is 35.9. The number of rotatable bonds is 11. The van der Waals surface area contributed by atoms with Gasteiger partial charge in [0.15, 0.2) is 0 Å². The second-order valence-corrected chi connectivity index (χ2v) is 11.1. The van der Waals surface area contributed by atoms with E-state index in [4.69, 9.17) is 15.0 Å². The summed E-state index contributed by atoms with van der Waals surface area (Å²) in [5.74, 6) is -0.288. The summed E-state index contributed by atoms with van der Waals surface area (Å²) in [6, 6.07) is 16.8. The van der Waals surface area contributed by atoms with Crippen molar-refractivity contribution in [1.29, 1.82) is 0 Å². The molecule has 0 unspecified atom stereocenters. The van der Waals surface area contributed by atoms with E-state index in [0.29, 0.717) is 11.5 Å². The predicted octanol–water partition coefficient (Wildman–Crippen LogP) is 13.5. The Balaban J connectivity index is -0.000000272. The fourth-order valence-corrected chi connectivity index (χ4v) is 2.98. The molecule has 266 valence electrons. The number of benzene rings is 2. The van der Waals surface area contributed by atoms with E-state index in [2.05, 4.69) is 134 Å². The summed E-state index contributed by atoms with van der Waals surface area (Å²) in [6.45, 7) is 40.1. The summed E-state index contributed by atoms with van der Waals surface area (Å²) in [6.07, 6.45) is 11.3. The van der Waals surface area contributed by atoms with E-state index < -0.39 is 5.97 Å². The highest BCUT2D eigenvalue weighted by Crippen LogP contribution is 2.15. The van der Waals surface area contributed by atoms with Gasteiger partial charge in [-0.2, -0.15) is 0 Å². The minimum atomic E-state index is -0.833. The fraction of sp³-hybridized carbons (Fsp3) is 0.364. The van der Waals surface area contributed by atoms with Crippen LogP contribution < -0.4 is 5.32 Å². The van der Waals surface area contributed by atoms with Crippen molar-refractivity contribution in [2.45, 2.75) is 102 Å². The molecule has 2 aromatic rings. The molecule has 4 nitrogen and oxygen atoms in total. The molecule has 0 radical (unpaired) electrons. The van der Waals surface area contributed by atoms with Crippen molar-refractivity contribution in [3.8, 4) is 0 Å². The largest absolute Gasteiger partial charge is 0.508 e. The lowest BCUT2D eigenvalue weighted by Crippen LogP contribution is -1.97. The van der Waals surface area contributed by atoms with Crippen molar-refractivity contribution in [3.63, 3.8) is 0 Å². The van der Waals surface area contributed by atoms with E-state index in [9.17, 15) is 0 Å². The van der Waals surface area contributed by atoms with Gasteiger partial charge in [0.05, 0.1) is 0 Å². The lowest BCUT2D eigenvalue weighted by Gasteiger charge is -2.09. The van der Waals surface area contributed by atoms with Crippen molar-refractivity contribution in [2.75, 3.05) is 5.32 Å². The van der Waals surface area contributed by atoms with Crippen molar-refractivity contribution in [1.82, 2.24) is 0 Å². The number of nitrogens with one attached hydrogen (secondary N) is 1. The monoisotopic (exact) mass is 658 g/mol. The molecule has 0 aliphatic rings. The van der Waals surface area contributed by atoms with Crippen molar-refractivity contribution in [2.24, 2.45) is 5.92 Å². The Morgan fingerprint density at radius 3 is 1.69 bits per heavy atom. The van der Waals surface area contributed by atoms with Crippen LogP contribution in [-0.4, -0.2) is 16.2 Å². The van der Waals surface area contributed by atoms with Crippen LogP contribution in [0.2, 0.25) is 0 Å². The molecule has 0 fully saturated rings. The number of aliphatic hydroxyl groups is 1. The zero-order valence-corrected chi connectivity index (χ0v) is 32.2. The smallest absolute Gasteiger partial charge is 0.300 e. The van der Waals surface area contributed by atoms with Crippen molar-refractivity contribution < 1.29 is 15.0 Å². The summed E-state index contributed by atoms with van der Waals surface area (Å²) in [7, 11) is 0. The third-order valence-electron chi connectivity index (χ3n) is 5.92. The van der Waals surface area contributed by atoms with Gasteiger partial charge in [-0.25, -0.2) is 0 Å². The van der Waals surface area contributed by atoms with E-state index in [1.54, 1.807) is 12.2 Å². The molecule has 0 aliphatic heterocycles. The minimum absolute atomic E-state index is 0.0757. The van der Waals surface area contributed by atoms with Gasteiger partial charge in [0.25, 0.3) is 5.97 Å². The molecule has 0 atom stereocenters. The van der Waals surface area contributed by atoms with Crippen LogP contribution in [0.4, 0.5) is 5.69 Å². The van der Waals surface area contributed by atoms with Gasteiger partial charge in [-0.1, -0.05) is 141 Å². The predicted molar refractivity (Wildman–Crippen MR) is 216 cm³/mol. The van der Waals surface area contributed by atoms with Crippen LogP contribution in [0.5, 0.6) is 0 Å². The molecule has 48 heavy (non-hydrogen) atoms. The van der Waals surface area contributed by atoms with E-state index in [0.717, 1.165) is 44.0 Å². The molecular formula is C44H67NO3. The maximum Gasteiger partial charge on any atom is 0.300 e. The van der Waals surface area contributed by atoms with E-state index in [-0.39, 0.29) is 5.76 Å². The van der Waals surface area contributed by atoms with Gasteiger partial charge < -0.3 is 15.5 Å². The minimum Gasteiger partial charge on any atom is -0.508 e. The average Bonchev–Trinajstić information content (AvgIpc) is 3.03. The van der Waals surface area contributed by atoms with Gasteiger partial charge in [0, 0.05) is 30.3 Å². The first-order chi connectivity index (χ1) is 22.5. The third-order valence-corrected chi connectivity index (χ3v) is 5.92. The first kappa shape index (κ1) is 50.3. The number of hydrogen-bond donors (Lipinski definition) is 3. The zero-order chi connectivity index (χ0) is 38.1. The van der Waals surface area contributed by atoms with Crippen LogP contribution in [0.1, 0.15) is 98.3 Å². The molecule has 0 amide bonds. The van der Waals surface area contributed by atoms with Crippen molar-refractivity contribution >= 4 is 11.7 Å². The summed E-state index contributed by atoms with van der Waals surface area (Å²) < 4.78 is 0. The normalized spacial score (nSPS) is 9.46. The quantitative estimate of drug-likeness (QED) is 0.0973. The SMILES string of the molecule is C=C(C)CC.C=C/C=C(\C=C/C(C)C)C(=C)O.C=C=C(C)Cc1ccc(NC(=C)CCC)cc1.CC.CC(=O)O.Cc1ccccc1C. The number of allylic oxidation sites excluding steroid dienone is 7. The van der Waals surface area contributed by atoms with E-state index in [1.165, 1.54) is 27.8 Å². The maximum atomic E-state index is 9.09. The van der Waals surface area contributed by atoms with Crippen LogP contribution >= 0.6 is 0 Å². The number of aryl methyl sites for hydroxylation is 2. The van der Waals surface area contributed by atoms with Gasteiger partial charge in [0.2, 0.25) is 0 Å². The lowest BCUT2D eigenvalue weighted by atomic mass is 10.1. The summed E-state index contributed by atoms with van der Waals surface area (Å²) in [4.78, 5) is 9.00. The Hall–Kier alpha value is -4.53. The molecule has 0 aromatic heterocycles. The standard InChI is InChI=1S/C16H21N.C11H16O.C8H10.C5H10.C2H4O2.C2H6/c1-5-7-14(4)17-16-10-8-15(9-11-16)12-13(3)6-2;1-5-6-11(10(4)12)8-7-9(2)3;1-7-5-3-4-6-8(7)2;1-4-5(2)3;1-2(3)4;1-2/h8-11,17H,2,4-5,7,12H2,1,3H3;5-9,12H,1,4H2,2-3H3;3-6H,1-2H3;2,4H2,1,3H3;1H3,(H,3,4);1-2H3/b;8-7-,11-6+;;;;. The highest BCUT2D eigenvalue weighted by molar-refractivity contribution is 5.63. The molecule has 0 bridgehead atoms. The summed E-state index contributed by atoms with van der Waals surface area (Å²) >= 11 is 0. The first-order valence-corrected chi connectivity index (χ1v) is 16.7. The fourth-order valence-electron chi connectivity index (χ4n) is 2.98. The van der Waals surface area contributed by atoms with Gasteiger partial charge >= 0.3 is 0 Å². The molecule has 0 saturated heterocycles. The van der Waals surface area contributed by atoms with Gasteiger partial charge in [0.1, 0.15) is 5.76 Å². The van der Waals surface area contributed by atoms with Crippen LogP contribution in [0, 0.1) is 19.8 Å². The Morgan fingerprint density at radius 1 is 0.917 bits per heavy atom. The van der Waals surface area contributed by atoms with Crippen LogP contribution in [0.15, 0.2) is 140 Å². The Labute approximate surface area is 295 Å². The zero-order valence-electron chi connectivity index (χ0n) is 32.2. The number of anilines is 1. The Morgan fingerprint density at radius 2 is 1.38 bits per heavy atom. The highest BCUT2D eigenvalue weighted by atomic mass is 16.4. The molecule has 0 saturated carbocycles. The van der Waals surface area contributed by atoms with Crippen LogP contribution in [0.25, 0.3) is 0 Å². The van der Waals surface area contributed by atoms with E-state index >= 15 is 0 Å². The number of carboxylic acid groups (broad SMARTS) is 1. The van der Waals surface area contributed by atoms with Crippen molar-refractivity contribution in [3.05, 3.63) is 156 Å². The molecule has 2 aromatic carbocycles. The molecule has 3 N–H and O–H groups in total. The Bertz CT molecular complexity index is 1280. The second kappa shape index (κ2) is 33.8. The second-order valence-electron chi connectivity index (χ2n) is 11.1. The average molecular weight is 658 g/mol. The molecule has 0 heterocycles. The number of carboxylic acids is 1. The summed E-state index contributed by atoms with van der Waals surface area (Å²) in [5, 5.41) is 19.8. The highest BCUT2D eigenvalue weighted by Gasteiger charge is 1.97. The Kier molecular flexibility index (Phi) is 35.5. The molecular weight excluding hydrogens is 590 g/mol.